The molecule has 1 rings (SSSR count). The molecule has 114 valence electrons. The van der Waals surface area contributed by atoms with Gasteiger partial charge < -0.3 is 5.11 Å². The molecule has 6 nitrogen and oxygen atoms in total. The predicted molar refractivity (Wildman–Crippen MR) is 76.4 cm³/mol. The van der Waals surface area contributed by atoms with Gasteiger partial charge in [-0.3, -0.25) is 4.79 Å². The third kappa shape index (κ3) is 4.90. The predicted octanol–water partition coefficient (Wildman–Crippen LogP) is 2.86. The SMILES string of the molecule is CCCCCCCCc1nnnn1C(C)C(C)C(=O)O. The molecule has 0 fully saturated rings. The van der Waals surface area contributed by atoms with Gasteiger partial charge >= 0.3 is 5.97 Å². The maximum absolute atomic E-state index is 11.0. The summed E-state index contributed by atoms with van der Waals surface area (Å²) in [5.41, 5.74) is 0. The van der Waals surface area contributed by atoms with Crippen molar-refractivity contribution in [1.29, 1.82) is 0 Å². The zero-order valence-corrected chi connectivity index (χ0v) is 12.7. The number of nitrogens with zero attached hydrogens (tertiary/aromatic N) is 4. The van der Waals surface area contributed by atoms with Gasteiger partial charge in [0, 0.05) is 6.42 Å². The molecule has 0 bridgehead atoms. The molecule has 0 aliphatic rings. The summed E-state index contributed by atoms with van der Waals surface area (Å²) in [4.78, 5) is 11.0. The third-order valence-electron chi connectivity index (χ3n) is 3.81. The Labute approximate surface area is 120 Å². The van der Waals surface area contributed by atoms with Gasteiger partial charge in [0.05, 0.1) is 12.0 Å². The number of hydrogen-bond acceptors (Lipinski definition) is 4. The van der Waals surface area contributed by atoms with Gasteiger partial charge in [-0.1, -0.05) is 39.0 Å². The van der Waals surface area contributed by atoms with Crippen molar-refractivity contribution in [2.75, 3.05) is 0 Å². The molecule has 1 aromatic rings. The Bertz CT molecular complexity index is 406. The van der Waals surface area contributed by atoms with Crippen LogP contribution in [0.15, 0.2) is 0 Å². The second-order valence-electron chi connectivity index (χ2n) is 5.42. The monoisotopic (exact) mass is 282 g/mol. The first kappa shape index (κ1) is 16.6. The normalized spacial score (nSPS) is 14.2. The lowest BCUT2D eigenvalue weighted by Crippen LogP contribution is -2.24. The van der Waals surface area contributed by atoms with Crippen LogP contribution < -0.4 is 0 Å². The Morgan fingerprint density at radius 1 is 1.20 bits per heavy atom. The topological polar surface area (TPSA) is 80.9 Å². The molecule has 0 aliphatic carbocycles. The molecule has 1 N–H and O–H groups in total. The number of rotatable bonds is 10. The van der Waals surface area contributed by atoms with E-state index in [0.29, 0.717) is 0 Å². The molecule has 0 aromatic carbocycles. The van der Waals surface area contributed by atoms with E-state index in [1.54, 1.807) is 11.6 Å². The molecule has 2 atom stereocenters. The molecule has 0 amide bonds. The van der Waals surface area contributed by atoms with Crippen LogP contribution in [0.4, 0.5) is 0 Å². The highest BCUT2D eigenvalue weighted by Gasteiger charge is 2.24. The molecule has 20 heavy (non-hydrogen) atoms. The standard InChI is InChI=1S/C14H26N4O2/c1-4-5-6-7-8-9-10-13-15-16-17-18(13)12(3)11(2)14(19)20/h11-12H,4-10H2,1-3H3,(H,19,20). The number of aryl methyl sites for hydroxylation is 1. The Hall–Kier alpha value is -1.46. The summed E-state index contributed by atoms with van der Waals surface area (Å²) in [5, 5.41) is 20.7. The van der Waals surface area contributed by atoms with E-state index in [1.165, 1.54) is 32.1 Å². The van der Waals surface area contributed by atoms with E-state index >= 15 is 0 Å². The summed E-state index contributed by atoms with van der Waals surface area (Å²) in [6.07, 6.45) is 8.13. The molecule has 0 spiro atoms. The van der Waals surface area contributed by atoms with Crippen molar-refractivity contribution in [2.45, 2.75) is 71.8 Å². The molecule has 1 aromatic heterocycles. The number of carboxylic acid groups (broad SMARTS) is 1. The number of hydrogen-bond donors (Lipinski definition) is 1. The molecule has 0 aliphatic heterocycles. The first-order valence-electron chi connectivity index (χ1n) is 7.57. The lowest BCUT2D eigenvalue weighted by Gasteiger charge is -2.17. The lowest BCUT2D eigenvalue weighted by atomic mass is 10.0. The van der Waals surface area contributed by atoms with Crippen LogP contribution in [0.3, 0.4) is 0 Å². The smallest absolute Gasteiger partial charge is 0.308 e. The second-order valence-corrected chi connectivity index (χ2v) is 5.42. The summed E-state index contributed by atoms with van der Waals surface area (Å²) in [6, 6.07) is -0.224. The van der Waals surface area contributed by atoms with Gasteiger partial charge in [0.25, 0.3) is 0 Å². The van der Waals surface area contributed by atoms with Crippen LogP contribution in [0.2, 0.25) is 0 Å². The van der Waals surface area contributed by atoms with Gasteiger partial charge in [-0.15, -0.1) is 5.10 Å². The van der Waals surface area contributed by atoms with Crippen LogP contribution in [0, 0.1) is 5.92 Å². The van der Waals surface area contributed by atoms with Crippen LogP contribution in [-0.2, 0) is 11.2 Å². The highest BCUT2D eigenvalue weighted by atomic mass is 16.4. The van der Waals surface area contributed by atoms with E-state index in [9.17, 15) is 4.79 Å². The van der Waals surface area contributed by atoms with Gasteiger partial charge in [0.1, 0.15) is 0 Å². The number of unbranched alkanes of at least 4 members (excludes halogenated alkanes) is 5. The number of aliphatic carboxylic acids is 1. The first-order chi connectivity index (χ1) is 9.57. The summed E-state index contributed by atoms with van der Waals surface area (Å²) < 4.78 is 1.66. The Balaban J connectivity index is 2.44. The van der Waals surface area contributed by atoms with Gasteiger partial charge in [-0.25, -0.2) is 4.68 Å². The number of tetrazole rings is 1. The quantitative estimate of drug-likeness (QED) is 0.667. The Morgan fingerprint density at radius 2 is 1.85 bits per heavy atom. The molecular formula is C14H26N4O2. The third-order valence-corrected chi connectivity index (χ3v) is 3.81. The van der Waals surface area contributed by atoms with E-state index in [2.05, 4.69) is 22.4 Å². The van der Waals surface area contributed by atoms with Crippen molar-refractivity contribution in [3.8, 4) is 0 Å². The molecule has 2 unspecified atom stereocenters. The Morgan fingerprint density at radius 3 is 2.50 bits per heavy atom. The second kappa shape index (κ2) is 8.66. The van der Waals surface area contributed by atoms with Gasteiger partial charge in [-0.2, -0.15) is 0 Å². The number of carboxylic acids is 1. The van der Waals surface area contributed by atoms with Crippen molar-refractivity contribution < 1.29 is 9.90 Å². The maximum atomic E-state index is 11.0. The highest BCUT2D eigenvalue weighted by Crippen LogP contribution is 2.18. The number of carbonyl (C=O) groups is 1. The summed E-state index contributed by atoms with van der Waals surface area (Å²) >= 11 is 0. The minimum atomic E-state index is -0.821. The first-order valence-corrected chi connectivity index (χ1v) is 7.57. The van der Waals surface area contributed by atoms with Crippen LogP contribution in [-0.4, -0.2) is 31.3 Å². The van der Waals surface area contributed by atoms with Crippen molar-refractivity contribution in [3.63, 3.8) is 0 Å². The number of aromatic nitrogens is 4. The molecule has 0 radical (unpaired) electrons. The van der Waals surface area contributed by atoms with Crippen molar-refractivity contribution >= 4 is 5.97 Å². The Kier molecular flexibility index (Phi) is 7.18. The van der Waals surface area contributed by atoms with Crippen LogP contribution >= 0.6 is 0 Å². The van der Waals surface area contributed by atoms with Gasteiger partial charge in [0.15, 0.2) is 5.82 Å². The van der Waals surface area contributed by atoms with Crippen molar-refractivity contribution in [1.82, 2.24) is 20.2 Å². The van der Waals surface area contributed by atoms with Gasteiger partial charge in [0.2, 0.25) is 0 Å². The average Bonchev–Trinajstić information content (AvgIpc) is 2.89. The molecule has 6 heteroatoms. The average molecular weight is 282 g/mol. The van der Waals surface area contributed by atoms with E-state index < -0.39 is 11.9 Å². The van der Waals surface area contributed by atoms with E-state index in [1.807, 2.05) is 6.92 Å². The summed E-state index contributed by atoms with van der Waals surface area (Å²) in [7, 11) is 0. The maximum Gasteiger partial charge on any atom is 0.308 e. The van der Waals surface area contributed by atoms with Crippen LogP contribution in [0.25, 0.3) is 0 Å². The van der Waals surface area contributed by atoms with Crippen LogP contribution in [0.5, 0.6) is 0 Å². The zero-order valence-electron chi connectivity index (χ0n) is 12.7. The van der Waals surface area contributed by atoms with Crippen molar-refractivity contribution in [3.05, 3.63) is 5.82 Å². The van der Waals surface area contributed by atoms with E-state index in [-0.39, 0.29) is 6.04 Å². The molecule has 0 saturated carbocycles. The van der Waals surface area contributed by atoms with E-state index in [4.69, 9.17) is 5.11 Å². The minimum Gasteiger partial charge on any atom is -0.481 e. The lowest BCUT2D eigenvalue weighted by molar-refractivity contribution is -0.142. The fourth-order valence-corrected chi connectivity index (χ4v) is 2.17. The fraction of sp³-hybridized carbons (Fsp3) is 0.857. The van der Waals surface area contributed by atoms with Crippen molar-refractivity contribution in [2.24, 2.45) is 5.92 Å². The van der Waals surface area contributed by atoms with E-state index in [0.717, 1.165) is 18.7 Å². The summed E-state index contributed by atoms with van der Waals surface area (Å²) in [6.45, 7) is 5.74. The molecule has 0 saturated heterocycles. The molecular weight excluding hydrogens is 256 g/mol. The largest absolute Gasteiger partial charge is 0.481 e. The molecule has 1 heterocycles. The highest BCUT2D eigenvalue weighted by molar-refractivity contribution is 5.70. The minimum absolute atomic E-state index is 0.224. The van der Waals surface area contributed by atoms with Gasteiger partial charge in [-0.05, 0) is 30.7 Å². The zero-order chi connectivity index (χ0) is 15.0. The summed E-state index contributed by atoms with van der Waals surface area (Å²) in [5.74, 6) is -0.526. The van der Waals surface area contributed by atoms with Crippen LogP contribution in [0.1, 0.15) is 71.2 Å². The fourth-order valence-electron chi connectivity index (χ4n) is 2.17.